The zero-order valence-electron chi connectivity index (χ0n) is 17.6. The van der Waals surface area contributed by atoms with Gasteiger partial charge >= 0.3 is 0 Å². The van der Waals surface area contributed by atoms with Gasteiger partial charge in [0.1, 0.15) is 5.82 Å². The van der Waals surface area contributed by atoms with Gasteiger partial charge in [0.05, 0.1) is 5.56 Å². The van der Waals surface area contributed by atoms with E-state index in [0.29, 0.717) is 23.8 Å². The van der Waals surface area contributed by atoms with Crippen LogP contribution < -0.4 is 11.1 Å². The van der Waals surface area contributed by atoms with Crippen molar-refractivity contribution in [2.24, 2.45) is 11.1 Å². The van der Waals surface area contributed by atoms with Crippen molar-refractivity contribution in [1.29, 1.82) is 0 Å². The number of aromatic nitrogens is 3. The van der Waals surface area contributed by atoms with Gasteiger partial charge in [-0.05, 0) is 44.1 Å². The van der Waals surface area contributed by atoms with Crippen LogP contribution in [0.15, 0.2) is 6.20 Å². The van der Waals surface area contributed by atoms with E-state index < -0.39 is 5.91 Å². The summed E-state index contributed by atoms with van der Waals surface area (Å²) in [5.41, 5.74) is 9.45. The first-order valence-electron chi connectivity index (χ1n) is 10.4. The van der Waals surface area contributed by atoms with Crippen LogP contribution in [0.4, 0.5) is 5.82 Å². The molecule has 0 radical (unpaired) electrons. The molecule has 1 amide bonds. The fourth-order valence-corrected chi connectivity index (χ4v) is 4.76. The maximum Gasteiger partial charge on any atom is 0.254 e. The Labute approximate surface area is 171 Å². The van der Waals surface area contributed by atoms with E-state index in [2.05, 4.69) is 24.1 Å². The van der Waals surface area contributed by atoms with Gasteiger partial charge in [-0.15, -0.1) is 0 Å². The number of nitrogens with one attached hydrogen (secondary N) is 1. The van der Waals surface area contributed by atoms with Gasteiger partial charge in [-0.2, -0.15) is 4.98 Å². The van der Waals surface area contributed by atoms with Crippen molar-refractivity contribution >= 4 is 17.5 Å². The molecule has 0 aromatic carbocycles. The first-order chi connectivity index (χ1) is 13.7. The molecule has 7 nitrogen and oxygen atoms in total. The Bertz CT molecular complexity index is 999. The third-order valence-electron chi connectivity index (χ3n) is 6.31. The number of rotatable bonds is 4. The molecule has 0 spiro atoms. The Morgan fingerprint density at radius 2 is 1.93 bits per heavy atom. The van der Waals surface area contributed by atoms with Crippen LogP contribution in [0.5, 0.6) is 0 Å². The summed E-state index contributed by atoms with van der Waals surface area (Å²) in [7, 11) is 0. The quantitative estimate of drug-likeness (QED) is 0.825. The normalized spacial score (nSPS) is 18.7. The summed E-state index contributed by atoms with van der Waals surface area (Å²) < 4.78 is 1.98. The predicted molar refractivity (Wildman–Crippen MR) is 112 cm³/mol. The van der Waals surface area contributed by atoms with E-state index in [-0.39, 0.29) is 17.2 Å². The molecule has 3 N–H and O–H groups in total. The third kappa shape index (κ3) is 3.43. The van der Waals surface area contributed by atoms with Gasteiger partial charge in [-0.1, -0.05) is 26.7 Å². The fraction of sp³-hybridized carbons (Fsp3) is 0.545. The number of ketones is 1. The molecule has 2 aromatic rings. The summed E-state index contributed by atoms with van der Waals surface area (Å²) in [4.78, 5) is 33.9. The van der Waals surface area contributed by atoms with Crippen LogP contribution in [-0.2, 0) is 6.42 Å². The first-order valence-corrected chi connectivity index (χ1v) is 10.4. The number of hydrogen-bond acceptors (Lipinski definition) is 5. The maximum atomic E-state index is 12.8. The third-order valence-corrected chi connectivity index (χ3v) is 6.31. The molecule has 2 aliphatic carbocycles. The summed E-state index contributed by atoms with van der Waals surface area (Å²) >= 11 is 0. The Balaban J connectivity index is 1.84. The second-order valence-corrected chi connectivity index (χ2v) is 9.23. The lowest BCUT2D eigenvalue weighted by Gasteiger charge is -2.29. The van der Waals surface area contributed by atoms with Gasteiger partial charge in [0.2, 0.25) is 5.95 Å². The minimum atomic E-state index is -0.546. The second kappa shape index (κ2) is 6.97. The van der Waals surface area contributed by atoms with Crippen molar-refractivity contribution in [3.05, 3.63) is 34.3 Å². The molecular formula is C22H29N5O2. The summed E-state index contributed by atoms with van der Waals surface area (Å²) in [6.07, 6.45) is 7.26. The summed E-state index contributed by atoms with van der Waals surface area (Å²) in [6.45, 7) is 8.19. The van der Waals surface area contributed by atoms with Crippen LogP contribution in [0.2, 0.25) is 0 Å². The zero-order chi connectivity index (χ0) is 20.9. The van der Waals surface area contributed by atoms with Crippen molar-refractivity contribution in [2.75, 3.05) is 5.32 Å². The van der Waals surface area contributed by atoms with E-state index in [4.69, 9.17) is 10.7 Å². The average molecular weight is 396 g/mol. The number of carbonyl (C=O) groups is 2. The maximum absolute atomic E-state index is 12.8. The predicted octanol–water partition coefficient (Wildman–Crippen LogP) is 3.49. The molecule has 29 heavy (non-hydrogen) atoms. The molecule has 0 aliphatic heterocycles. The molecule has 0 unspecified atom stereocenters. The lowest BCUT2D eigenvalue weighted by molar-refractivity contribution is 0.0909. The highest BCUT2D eigenvalue weighted by atomic mass is 16.1. The van der Waals surface area contributed by atoms with Crippen LogP contribution in [-0.4, -0.2) is 32.3 Å². The van der Waals surface area contributed by atoms with Gasteiger partial charge in [0, 0.05) is 35.6 Å². The molecule has 2 heterocycles. The number of nitrogens with zero attached hydrogens (tertiary/aromatic N) is 3. The molecular weight excluding hydrogens is 366 g/mol. The van der Waals surface area contributed by atoms with E-state index in [1.165, 1.54) is 19.0 Å². The Kier molecular flexibility index (Phi) is 4.71. The zero-order valence-corrected chi connectivity index (χ0v) is 17.6. The van der Waals surface area contributed by atoms with Crippen LogP contribution in [0.1, 0.15) is 83.6 Å². The summed E-state index contributed by atoms with van der Waals surface area (Å²) in [6, 6.07) is 0.290. The Hall–Kier alpha value is -2.70. The highest BCUT2D eigenvalue weighted by Gasteiger charge is 2.36. The van der Waals surface area contributed by atoms with Crippen LogP contribution >= 0.6 is 0 Å². The Morgan fingerprint density at radius 3 is 2.59 bits per heavy atom. The van der Waals surface area contributed by atoms with Crippen molar-refractivity contribution in [3.63, 3.8) is 0 Å². The number of amides is 1. The van der Waals surface area contributed by atoms with E-state index in [1.807, 2.05) is 18.4 Å². The highest BCUT2D eigenvalue weighted by molar-refractivity contribution is 6.01. The molecule has 0 bridgehead atoms. The molecule has 154 valence electrons. The van der Waals surface area contributed by atoms with E-state index >= 15 is 0 Å². The van der Waals surface area contributed by atoms with Gasteiger partial charge in [-0.25, -0.2) is 4.98 Å². The van der Waals surface area contributed by atoms with Crippen molar-refractivity contribution < 1.29 is 9.59 Å². The van der Waals surface area contributed by atoms with Gasteiger partial charge < -0.3 is 11.1 Å². The molecule has 4 rings (SSSR count). The van der Waals surface area contributed by atoms with Crippen molar-refractivity contribution in [3.8, 4) is 5.95 Å². The monoisotopic (exact) mass is 395 g/mol. The standard InChI is InChI=1S/C22H29N5O2/c1-12-13(2)27(16-9-22(3,4)10-17(28)18(12)16)21-24-11-15(19(23)29)20(26-21)25-14-7-5-6-8-14/h11,14H,5-10H2,1-4H3,(H2,23,29)(H,24,25,26). The van der Waals surface area contributed by atoms with Crippen LogP contribution in [0.3, 0.4) is 0 Å². The van der Waals surface area contributed by atoms with E-state index in [1.54, 1.807) is 0 Å². The number of anilines is 1. The highest BCUT2D eigenvalue weighted by Crippen LogP contribution is 2.39. The minimum Gasteiger partial charge on any atom is -0.367 e. The van der Waals surface area contributed by atoms with Gasteiger partial charge in [0.15, 0.2) is 5.78 Å². The largest absolute Gasteiger partial charge is 0.367 e. The molecule has 2 aromatic heterocycles. The average Bonchev–Trinajstić information content (AvgIpc) is 3.21. The van der Waals surface area contributed by atoms with Crippen molar-refractivity contribution in [2.45, 2.75) is 72.3 Å². The molecule has 0 atom stereocenters. The number of nitrogens with two attached hydrogens (primary N) is 1. The molecule has 2 aliphatic rings. The second-order valence-electron chi connectivity index (χ2n) is 9.23. The lowest BCUT2D eigenvalue weighted by Crippen LogP contribution is -2.28. The SMILES string of the molecule is Cc1c2c(n(-c3ncc(C(N)=O)c(NC4CCCC4)n3)c1C)CC(C)(C)CC2=O. The topological polar surface area (TPSA) is 103 Å². The van der Waals surface area contributed by atoms with Gasteiger partial charge in [-0.3, -0.25) is 14.2 Å². The van der Waals surface area contributed by atoms with Crippen LogP contribution in [0, 0.1) is 19.3 Å². The van der Waals surface area contributed by atoms with E-state index in [0.717, 1.165) is 41.8 Å². The molecule has 1 saturated carbocycles. The first kappa shape index (κ1) is 19.6. The molecule has 0 saturated heterocycles. The lowest BCUT2D eigenvalue weighted by atomic mass is 9.75. The number of hydrogen-bond donors (Lipinski definition) is 2. The van der Waals surface area contributed by atoms with Crippen molar-refractivity contribution in [1.82, 2.24) is 14.5 Å². The van der Waals surface area contributed by atoms with Crippen LogP contribution in [0.25, 0.3) is 5.95 Å². The fourth-order valence-electron chi connectivity index (χ4n) is 4.76. The number of carbonyl (C=O) groups excluding carboxylic acids is 2. The summed E-state index contributed by atoms with van der Waals surface area (Å²) in [5.74, 6) is 0.586. The number of fused-ring (bicyclic) bond motifs is 1. The molecule has 1 fully saturated rings. The van der Waals surface area contributed by atoms with Gasteiger partial charge in [0.25, 0.3) is 5.91 Å². The van der Waals surface area contributed by atoms with E-state index in [9.17, 15) is 9.59 Å². The Morgan fingerprint density at radius 1 is 1.24 bits per heavy atom. The number of primary amides is 1. The number of Topliss-reactive ketones (excluding diaryl/α,β-unsaturated/α-hetero) is 1. The summed E-state index contributed by atoms with van der Waals surface area (Å²) in [5, 5.41) is 3.40. The minimum absolute atomic E-state index is 0.114. The molecule has 7 heteroatoms. The smallest absolute Gasteiger partial charge is 0.254 e.